The SMILES string of the molecule is NCCCN1CCCN(c2ccccn2)CC1. The van der Waals surface area contributed by atoms with Crippen molar-refractivity contribution in [1.82, 2.24) is 9.88 Å². The second-order valence-electron chi connectivity index (χ2n) is 4.51. The molecular weight excluding hydrogens is 212 g/mol. The van der Waals surface area contributed by atoms with Crippen LogP contribution in [0.5, 0.6) is 0 Å². The average Bonchev–Trinajstić information content (AvgIpc) is 2.63. The number of rotatable bonds is 4. The Morgan fingerprint density at radius 2 is 2.12 bits per heavy atom. The predicted octanol–water partition coefficient (Wildman–Crippen LogP) is 0.942. The number of hydrogen-bond donors (Lipinski definition) is 1. The van der Waals surface area contributed by atoms with Crippen LogP contribution in [0.2, 0.25) is 0 Å². The van der Waals surface area contributed by atoms with E-state index in [1.165, 1.54) is 13.0 Å². The molecule has 1 aliphatic rings. The summed E-state index contributed by atoms with van der Waals surface area (Å²) in [5.74, 6) is 1.10. The minimum atomic E-state index is 0.792. The molecule has 2 N–H and O–H groups in total. The molecule has 0 unspecified atom stereocenters. The molecule has 17 heavy (non-hydrogen) atoms. The van der Waals surface area contributed by atoms with Crippen LogP contribution in [0.4, 0.5) is 5.82 Å². The maximum atomic E-state index is 5.56. The highest BCUT2D eigenvalue weighted by molar-refractivity contribution is 5.37. The third-order valence-corrected chi connectivity index (χ3v) is 3.24. The van der Waals surface area contributed by atoms with Crippen LogP contribution >= 0.6 is 0 Å². The lowest BCUT2D eigenvalue weighted by Crippen LogP contribution is -2.32. The molecule has 0 radical (unpaired) electrons. The molecule has 1 aromatic rings. The maximum Gasteiger partial charge on any atom is 0.128 e. The molecular formula is C13H22N4. The Morgan fingerprint density at radius 3 is 2.88 bits per heavy atom. The first-order chi connectivity index (χ1) is 8.40. The Hall–Kier alpha value is -1.13. The van der Waals surface area contributed by atoms with Gasteiger partial charge in [-0.1, -0.05) is 6.07 Å². The number of nitrogens with two attached hydrogens (primary N) is 1. The van der Waals surface area contributed by atoms with Gasteiger partial charge in [0.15, 0.2) is 0 Å². The van der Waals surface area contributed by atoms with Gasteiger partial charge in [-0.2, -0.15) is 0 Å². The summed E-state index contributed by atoms with van der Waals surface area (Å²) in [6, 6.07) is 6.11. The van der Waals surface area contributed by atoms with Gasteiger partial charge in [-0.3, -0.25) is 0 Å². The summed E-state index contributed by atoms with van der Waals surface area (Å²) in [5.41, 5.74) is 5.56. The van der Waals surface area contributed by atoms with Crippen molar-refractivity contribution in [2.45, 2.75) is 12.8 Å². The predicted molar refractivity (Wildman–Crippen MR) is 71.2 cm³/mol. The van der Waals surface area contributed by atoms with E-state index in [2.05, 4.69) is 26.9 Å². The van der Waals surface area contributed by atoms with Crippen LogP contribution in [-0.4, -0.2) is 49.2 Å². The van der Waals surface area contributed by atoms with E-state index in [0.29, 0.717) is 0 Å². The van der Waals surface area contributed by atoms with Crippen molar-refractivity contribution in [2.24, 2.45) is 5.73 Å². The Kier molecular flexibility index (Phi) is 4.76. The molecule has 1 aromatic heterocycles. The van der Waals surface area contributed by atoms with Gasteiger partial charge in [-0.05, 0) is 44.6 Å². The van der Waals surface area contributed by atoms with E-state index in [9.17, 15) is 0 Å². The van der Waals surface area contributed by atoms with E-state index in [1.54, 1.807) is 0 Å². The molecule has 0 aliphatic carbocycles. The lowest BCUT2D eigenvalue weighted by atomic mass is 10.3. The minimum Gasteiger partial charge on any atom is -0.355 e. The first-order valence-corrected chi connectivity index (χ1v) is 6.48. The zero-order valence-corrected chi connectivity index (χ0v) is 10.4. The van der Waals surface area contributed by atoms with Crippen LogP contribution in [0.3, 0.4) is 0 Å². The minimum absolute atomic E-state index is 0.792. The number of pyridine rings is 1. The van der Waals surface area contributed by atoms with Crippen molar-refractivity contribution in [3.05, 3.63) is 24.4 Å². The molecule has 0 atom stereocenters. The Morgan fingerprint density at radius 1 is 1.18 bits per heavy atom. The summed E-state index contributed by atoms with van der Waals surface area (Å²) in [5, 5.41) is 0. The summed E-state index contributed by atoms with van der Waals surface area (Å²) in [7, 11) is 0. The average molecular weight is 234 g/mol. The smallest absolute Gasteiger partial charge is 0.128 e. The Labute approximate surface area is 103 Å². The van der Waals surface area contributed by atoms with Crippen LogP contribution in [0.25, 0.3) is 0 Å². The fraction of sp³-hybridized carbons (Fsp3) is 0.615. The van der Waals surface area contributed by atoms with Crippen LogP contribution in [0.15, 0.2) is 24.4 Å². The van der Waals surface area contributed by atoms with Crippen LogP contribution in [0.1, 0.15) is 12.8 Å². The Bertz CT molecular complexity index is 314. The molecule has 4 nitrogen and oxygen atoms in total. The molecule has 1 saturated heterocycles. The molecule has 1 aliphatic heterocycles. The summed E-state index contributed by atoms with van der Waals surface area (Å²) >= 11 is 0. The maximum absolute atomic E-state index is 5.56. The molecule has 0 aromatic carbocycles. The highest BCUT2D eigenvalue weighted by Gasteiger charge is 2.14. The standard InChI is InChI=1S/C13H22N4/c14-6-3-8-16-9-4-10-17(12-11-16)13-5-1-2-7-15-13/h1-2,5,7H,3-4,6,8-12,14H2. The van der Waals surface area contributed by atoms with Crippen LogP contribution in [0, 0.1) is 0 Å². The lowest BCUT2D eigenvalue weighted by Gasteiger charge is -2.22. The van der Waals surface area contributed by atoms with Gasteiger partial charge < -0.3 is 15.5 Å². The molecule has 0 amide bonds. The van der Waals surface area contributed by atoms with Crippen molar-refractivity contribution < 1.29 is 0 Å². The van der Waals surface area contributed by atoms with Crippen LogP contribution in [-0.2, 0) is 0 Å². The zero-order chi connectivity index (χ0) is 11.9. The fourth-order valence-corrected chi connectivity index (χ4v) is 2.28. The van der Waals surface area contributed by atoms with Gasteiger partial charge in [0.05, 0.1) is 0 Å². The van der Waals surface area contributed by atoms with Crippen molar-refractivity contribution >= 4 is 5.82 Å². The van der Waals surface area contributed by atoms with E-state index in [-0.39, 0.29) is 0 Å². The van der Waals surface area contributed by atoms with Crippen molar-refractivity contribution in [1.29, 1.82) is 0 Å². The molecule has 2 heterocycles. The van der Waals surface area contributed by atoms with Gasteiger partial charge in [0.25, 0.3) is 0 Å². The number of nitrogens with zero attached hydrogens (tertiary/aromatic N) is 3. The number of hydrogen-bond acceptors (Lipinski definition) is 4. The van der Waals surface area contributed by atoms with Gasteiger partial charge in [0.1, 0.15) is 5.82 Å². The van der Waals surface area contributed by atoms with Gasteiger partial charge in [-0.15, -0.1) is 0 Å². The van der Waals surface area contributed by atoms with Crippen LogP contribution < -0.4 is 10.6 Å². The zero-order valence-electron chi connectivity index (χ0n) is 10.4. The molecule has 1 fully saturated rings. The fourth-order valence-electron chi connectivity index (χ4n) is 2.28. The van der Waals surface area contributed by atoms with E-state index in [0.717, 1.165) is 45.0 Å². The normalized spacial score (nSPS) is 18.1. The second kappa shape index (κ2) is 6.57. The second-order valence-corrected chi connectivity index (χ2v) is 4.51. The molecule has 4 heteroatoms. The first kappa shape index (κ1) is 12.3. The molecule has 2 rings (SSSR count). The molecule has 94 valence electrons. The van der Waals surface area contributed by atoms with E-state index < -0.39 is 0 Å². The number of anilines is 1. The summed E-state index contributed by atoms with van der Waals surface area (Å²) in [4.78, 5) is 9.31. The summed E-state index contributed by atoms with van der Waals surface area (Å²) in [6.07, 6.45) is 4.18. The molecule has 0 spiro atoms. The lowest BCUT2D eigenvalue weighted by molar-refractivity contribution is 0.291. The van der Waals surface area contributed by atoms with Gasteiger partial charge >= 0.3 is 0 Å². The largest absolute Gasteiger partial charge is 0.355 e. The van der Waals surface area contributed by atoms with Gasteiger partial charge in [0, 0.05) is 25.8 Å². The van der Waals surface area contributed by atoms with E-state index >= 15 is 0 Å². The van der Waals surface area contributed by atoms with Crippen molar-refractivity contribution in [3.63, 3.8) is 0 Å². The quantitative estimate of drug-likeness (QED) is 0.842. The van der Waals surface area contributed by atoms with E-state index in [4.69, 9.17) is 5.73 Å². The van der Waals surface area contributed by atoms with Crippen molar-refractivity contribution in [2.75, 3.05) is 44.2 Å². The molecule has 0 bridgehead atoms. The summed E-state index contributed by atoms with van der Waals surface area (Å²) in [6.45, 7) is 6.41. The third kappa shape index (κ3) is 3.68. The monoisotopic (exact) mass is 234 g/mol. The number of aromatic nitrogens is 1. The highest BCUT2D eigenvalue weighted by Crippen LogP contribution is 2.12. The molecule has 0 saturated carbocycles. The summed E-state index contributed by atoms with van der Waals surface area (Å²) < 4.78 is 0. The third-order valence-electron chi connectivity index (χ3n) is 3.24. The van der Waals surface area contributed by atoms with Gasteiger partial charge in [0.2, 0.25) is 0 Å². The highest BCUT2D eigenvalue weighted by atomic mass is 15.2. The van der Waals surface area contributed by atoms with Gasteiger partial charge in [-0.25, -0.2) is 4.98 Å². The Balaban J connectivity index is 1.87. The van der Waals surface area contributed by atoms with Crippen molar-refractivity contribution in [3.8, 4) is 0 Å². The topological polar surface area (TPSA) is 45.4 Å². The van der Waals surface area contributed by atoms with E-state index in [1.807, 2.05) is 12.3 Å². The first-order valence-electron chi connectivity index (χ1n) is 6.48.